The predicted octanol–water partition coefficient (Wildman–Crippen LogP) is 4.47. The van der Waals surface area contributed by atoms with Crippen molar-refractivity contribution < 1.29 is 43.5 Å². The van der Waals surface area contributed by atoms with Crippen molar-refractivity contribution >= 4 is 11.9 Å². The molecule has 0 radical (unpaired) electrons. The molecule has 0 saturated carbocycles. The molecule has 2 N–H and O–H groups in total. The average Bonchev–Trinajstić information content (AvgIpc) is 3.30. The van der Waals surface area contributed by atoms with Gasteiger partial charge in [0.1, 0.15) is 36.4 Å². The molecule has 3 saturated heterocycles. The number of carbonyl (C=O) groups excluding carboxylic acids is 2. The molecule has 3 fully saturated rings. The molecule has 5 rings (SSSR count). The zero-order chi connectivity index (χ0) is 30.9. The van der Waals surface area contributed by atoms with Gasteiger partial charge in [0.05, 0.1) is 18.8 Å². The van der Waals surface area contributed by atoms with Gasteiger partial charge in [-0.05, 0) is 56.1 Å². The second kappa shape index (κ2) is 13.0. The standard InChI is InChI=1S/C34H48O9/c1-6-29(35)39-18-24-15-28-32(37)41-27-16-26(43-33(17-27)13-12-22(4)23(5)42-33)11-10-21(3)14-20(2)8-7-9-25-19-40-31(30(24)36)34(25,28)38/h7-10,15,20,22-23,26-28,30-31,36,38H,6,11-14,16-19H2,1-5H3/t20-,22-,23+,26+,27-,28-,30+,31+,33-,34+/m0/s1. The lowest BCUT2D eigenvalue weighted by Crippen LogP contribution is -2.58. The maximum Gasteiger partial charge on any atom is 0.316 e. The fourth-order valence-corrected chi connectivity index (χ4v) is 7.16. The average molecular weight is 601 g/mol. The molecule has 0 amide bonds. The molecule has 43 heavy (non-hydrogen) atoms. The lowest BCUT2D eigenvalue weighted by atomic mass is 9.70. The van der Waals surface area contributed by atoms with Crippen molar-refractivity contribution in [3.8, 4) is 0 Å². The van der Waals surface area contributed by atoms with E-state index in [0.717, 1.165) is 12.8 Å². The number of rotatable bonds is 3. The summed E-state index contributed by atoms with van der Waals surface area (Å²) in [6, 6.07) is 0. The monoisotopic (exact) mass is 600 g/mol. The third-order valence-electron chi connectivity index (χ3n) is 9.85. The van der Waals surface area contributed by atoms with Crippen molar-refractivity contribution in [2.45, 2.75) is 121 Å². The Hall–Kier alpha value is -2.30. The van der Waals surface area contributed by atoms with E-state index in [9.17, 15) is 19.8 Å². The molecule has 238 valence electrons. The molecule has 9 nitrogen and oxygen atoms in total. The Morgan fingerprint density at radius 1 is 1.19 bits per heavy atom. The summed E-state index contributed by atoms with van der Waals surface area (Å²) in [5, 5.41) is 23.4. The maximum atomic E-state index is 14.1. The Labute approximate surface area is 254 Å². The van der Waals surface area contributed by atoms with E-state index < -0.39 is 47.6 Å². The lowest BCUT2D eigenvalue weighted by Gasteiger charge is -2.49. The Morgan fingerprint density at radius 3 is 2.72 bits per heavy atom. The van der Waals surface area contributed by atoms with E-state index in [4.69, 9.17) is 23.7 Å². The Balaban J connectivity index is 1.52. The van der Waals surface area contributed by atoms with Gasteiger partial charge in [-0.15, -0.1) is 0 Å². The quantitative estimate of drug-likeness (QED) is 0.357. The number of hydrogen-bond donors (Lipinski definition) is 2. The molecule has 10 atom stereocenters. The molecule has 9 heteroatoms. The van der Waals surface area contributed by atoms with Crippen molar-refractivity contribution in [3.63, 3.8) is 0 Å². The van der Waals surface area contributed by atoms with Crippen LogP contribution in [-0.4, -0.2) is 77.3 Å². The summed E-state index contributed by atoms with van der Waals surface area (Å²) in [5.41, 5.74) is 0.212. The highest BCUT2D eigenvalue weighted by Gasteiger charge is 2.60. The molecule has 0 aromatic rings. The number of carbonyl (C=O) groups is 2. The van der Waals surface area contributed by atoms with Crippen LogP contribution < -0.4 is 0 Å². The highest BCUT2D eigenvalue weighted by Crippen LogP contribution is 2.47. The highest BCUT2D eigenvalue weighted by atomic mass is 16.7. The van der Waals surface area contributed by atoms with Crippen LogP contribution in [0.15, 0.2) is 47.1 Å². The number of aliphatic hydroxyl groups is 2. The fraction of sp³-hybridized carbons (Fsp3) is 0.706. The minimum Gasteiger partial charge on any atom is -0.462 e. The third kappa shape index (κ3) is 6.71. The number of esters is 2. The van der Waals surface area contributed by atoms with Gasteiger partial charge in [0.25, 0.3) is 0 Å². The first-order chi connectivity index (χ1) is 20.4. The molecule has 4 aliphatic heterocycles. The topological polar surface area (TPSA) is 121 Å². The van der Waals surface area contributed by atoms with Crippen LogP contribution in [0.3, 0.4) is 0 Å². The lowest BCUT2D eigenvalue weighted by molar-refractivity contribution is -0.332. The molecule has 0 aromatic carbocycles. The third-order valence-corrected chi connectivity index (χ3v) is 9.85. The zero-order valence-electron chi connectivity index (χ0n) is 26.1. The minimum atomic E-state index is -1.83. The van der Waals surface area contributed by atoms with Crippen LogP contribution in [-0.2, 0) is 33.3 Å². The summed E-state index contributed by atoms with van der Waals surface area (Å²) in [6.45, 7) is 10.0. The molecule has 1 aliphatic carbocycles. The van der Waals surface area contributed by atoms with Gasteiger partial charge in [0.15, 0.2) is 5.79 Å². The van der Waals surface area contributed by atoms with Gasteiger partial charge in [-0.3, -0.25) is 9.59 Å². The molecule has 1 spiro atoms. The first-order valence-corrected chi connectivity index (χ1v) is 15.9. The summed E-state index contributed by atoms with van der Waals surface area (Å²) in [6.07, 6.45) is 10.7. The molecular formula is C34H48O9. The molecule has 0 unspecified atom stereocenters. The summed E-state index contributed by atoms with van der Waals surface area (Å²) >= 11 is 0. The van der Waals surface area contributed by atoms with Crippen LogP contribution in [0.2, 0.25) is 0 Å². The van der Waals surface area contributed by atoms with Gasteiger partial charge >= 0.3 is 11.9 Å². The van der Waals surface area contributed by atoms with E-state index in [0.29, 0.717) is 42.7 Å². The number of ether oxygens (including phenoxy) is 5. The van der Waals surface area contributed by atoms with E-state index in [1.165, 1.54) is 11.6 Å². The summed E-state index contributed by atoms with van der Waals surface area (Å²) in [5.74, 6) is -2.43. The van der Waals surface area contributed by atoms with E-state index in [-0.39, 0.29) is 37.8 Å². The zero-order valence-corrected chi connectivity index (χ0v) is 26.1. The Morgan fingerprint density at radius 2 is 1.98 bits per heavy atom. The van der Waals surface area contributed by atoms with Crippen molar-refractivity contribution in [2.24, 2.45) is 17.8 Å². The second-order valence-electron chi connectivity index (χ2n) is 13.3. The Kier molecular flexibility index (Phi) is 9.69. The van der Waals surface area contributed by atoms with E-state index in [2.05, 4.69) is 39.8 Å². The number of hydrogen-bond acceptors (Lipinski definition) is 9. The molecule has 0 aromatic heterocycles. The maximum absolute atomic E-state index is 14.1. The van der Waals surface area contributed by atoms with Crippen LogP contribution >= 0.6 is 0 Å². The highest BCUT2D eigenvalue weighted by molar-refractivity contribution is 5.79. The van der Waals surface area contributed by atoms with Gasteiger partial charge in [-0.1, -0.05) is 56.7 Å². The SMILES string of the molecule is CCC(=O)OCC1=C[C@H]2C(=O)O[C@H]3C[C@@H](CC=C(C)C[C@@H](C)C=CC=C4CO[C@H]([C@@H]1O)[C@@]42O)O[C@@]1(CC[C@H](C)[C@@H](C)O1)C3. The van der Waals surface area contributed by atoms with Gasteiger partial charge < -0.3 is 33.9 Å². The number of aliphatic hydroxyl groups excluding tert-OH is 1. The predicted molar refractivity (Wildman–Crippen MR) is 159 cm³/mol. The fourth-order valence-electron chi connectivity index (χ4n) is 7.16. The van der Waals surface area contributed by atoms with Crippen molar-refractivity contribution in [2.75, 3.05) is 13.2 Å². The molecule has 5 aliphatic rings. The van der Waals surface area contributed by atoms with Gasteiger partial charge in [-0.2, -0.15) is 0 Å². The minimum absolute atomic E-state index is 0.00702. The number of fused-ring (bicyclic) bond motifs is 2. The second-order valence-corrected chi connectivity index (χ2v) is 13.3. The largest absolute Gasteiger partial charge is 0.462 e. The van der Waals surface area contributed by atoms with Crippen molar-refractivity contribution in [3.05, 3.63) is 47.1 Å². The van der Waals surface area contributed by atoms with Gasteiger partial charge in [0.2, 0.25) is 0 Å². The van der Waals surface area contributed by atoms with Gasteiger partial charge in [0, 0.05) is 25.7 Å². The van der Waals surface area contributed by atoms with E-state index >= 15 is 0 Å². The van der Waals surface area contributed by atoms with Crippen LogP contribution in [0.5, 0.6) is 0 Å². The summed E-state index contributed by atoms with van der Waals surface area (Å²) < 4.78 is 30.6. The van der Waals surface area contributed by atoms with Gasteiger partial charge in [-0.25, -0.2) is 0 Å². The number of allylic oxidation sites excluding steroid dienone is 4. The first-order valence-electron chi connectivity index (χ1n) is 15.9. The van der Waals surface area contributed by atoms with Crippen LogP contribution in [0, 0.1) is 17.8 Å². The normalized spacial score (nSPS) is 41.9. The van der Waals surface area contributed by atoms with Crippen molar-refractivity contribution in [1.29, 1.82) is 0 Å². The molecular weight excluding hydrogens is 552 g/mol. The summed E-state index contributed by atoms with van der Waals surface area (Å²) in [7, 11) is 0. The van der Waals surface area contributed by atoms with E-state index in [1.807, 2.05) is 6.08 Å². The molecule has 2 bridgehead atoms. The first kappa shape index (κ1) is 32.1. The molecule has 4 heterocycles. The van der Waals surface area contributed by atoms with Crippen LogP contribution in [0.25, 0.3) is 0 Å². The smallest absolute Gasteiger partial charge is 0.316 e. The summed E-state index contributed by atoms with van der Waals surface area (Å²) in [4.78, 5) is 26.0. The van der Waals surface area contributed by atoms with Crippen LogP contribution in [0.1, 0.15) is 79.6 Å². The van der Waals surface area contributed by atoms with Crippen LogP contribution in [0.4, 0.5) is 0 Å². The van der Waals surface area contributed by atoms with Crippen molar-refractivity contribution in [1.82, 2.24) is 0 Å². The van der Waals surface area contributed by atoms with E-state index in [1.54, 1.807) is 13.0 Å². The Bertz CT molecular complexity index is 1190.